The summed E-state index contributed by atoms with van der Waals surface area (Å²) in [5.41, 5.74) is 3.27. The first-order valence-electron chi connectivity index (χ1n) is 9.94. The summed E-state index contributed by atoms with van der Waals surface area (Å²) in [5.74, 6) is -0.282. The summed E-state index contributed by atoms with van der Waals surface area (Å²) in [6.45, 7) is 3.37. The van der Waals surface area contributed by atoms with Crippen LogP contribution in [-0.4, -0.2) is 11.8 Å². The minimum absolute atomic E-state index is 0.0263. The number of carbonyl (C=O) groups excluding carboxylic acids is 2. The number of Topliss-reactive ketones (excluding diaryl/α,β-unsaturated/α-hetero) is 1. The van der Waals surface area contributed by atoms with Crippen molar-refractivity contribution in [2.45, 2.75) is 39.5 Å². The second-order valence-electron chi connectivity index (χ2n) is 7.75. The molecule has 1 saturated carbocycles. The van der Waals surface area contributed by atoms with Crippen LogP contribution in [-0.2, 0) is 20.7 Å². The number of rotatable bonds is 4. The van der Waals surface area contributed by atoms with Gasteiger partial charge in [-0.2, -0.15) is 0 Å². The molecule has 2 aromatic rings. The molecule has 0 N–H and O–H groups in total. The van der Waals surface area contributed by atoms with Gasteiger partial charge in [0, 0.05) is 29.3 Å². The van der Waals surface area contributed by atoms with E-state index in [2.05, 4.69) is 0 Å². The molecule has 0 aliphatic heterocycles. The van der Waals surface area contributed by atoms with E-state index < -0.39 is 11.8 Å². The van der Waals surface area contributed by atoms with Crippen LogP contribution in [0, 0.1) is 17.7 Å². The third kappa shape index (κ3) is 3.62. The molecule has 0 amide bonds. The number of allylic oxidation sites excluding steroid dienone is 2. The van der Waals surface area contributed by atoms with Crippen LogP contribution in [0.4, 0.5) is 4.39 Å². The fourth-order valence-electron chi connectivity index (χ4n) is 4.55. The molecule has 29 heavy (non-hydrogen) atoms. The van der Waals surface area contributed by atoms with Crippen molar-refractivity contribution in [3.63, 3.8) is 0 Å². The molecule has 2 atom stereocenters. The molecule has 4 rings (SSSR count). The third-order valence-corrected chi connectivity index (χ3v) is 6.16. The maximum absolute atomic E-state index is 14.5. The van der Waals surface area contributed by atoms with E-state index in [0.29, 0.717) is 33.9 Å². The Bertz CT molecular complexity index is 1040. The first kappa shape index (κ1) is 19.8. The molecular weight excluding hydrogens is 391 g/mol. The summed E-state index contributed by atoms with van der Waals surface area (Å²) in [4.78, 5) is 25.0. The quantitative estimate of drug-likeness (QED) is 0.580. The number of benzene rings is 2. The smallest absolute Gasteiger partial charge is 0.307 e. The first-order chi connectivity index (χ1) is 13.9. The lowest BCUT2D eigenvalue weighted by atomic mass is 9.81. The van der Waals surface area contributed by atoms with Gasteiger partial charge in [-0.15, -0.1) is 0 Å². The highest BCUT2D eigenvalue weighted by atomic mass is 35.5. The van der Waals surface area contributed by atoms with Crippen LogP contribution in [0.5, 0.6) is 0 Å². The molecule has 3 nitrogen and oxygen atoms in total. The second kappa shape index (κ2) is 7.75. The molecule has 5 heteroatoms. The predicted octanol–water partition coefficient (Wildman–Crippen LogP) is 5.98. The van der Waals surface area contributed by atoms with E-state index in [1.165, 1.54) is 13.0 Å². The largest absolute Gasteiger partial charge is 0.430 e. The van der Waals surface area contributed by atoms with Crippen LogP contribution in [0.2, 0.25) is 5.02 Å². The summed E-state index contributed by atoms with van der Waals surface area (Å²) in [6.07, 6.45) is 3.09. The first-order valence-corrected chi connectivity index (χ1v) is 10.3. The van der Waals surface area contributed by atoms with Crippen LogP contribution in [0.1, 0.15) is 44.2 Å². The van der Waals surface area contributed by atoms with Gasteiger partial charge in [-0.25, -0.2) is 4.39 Å². The summed E-state index contributed by atoms with van der Waals surface area (Å²) in [7, 11) is 0. The Labute approximate surface area is 174 Å². The maximum Gasteiger partial charge on any atom is 0.307 e. The average Bonchev–Trinajstić information content (AvgIpc) is 3.12. The molecule has 0 heterocycles. The predicted molar refractivity (Wildman–Crippen MR) is 111 cm³/mol. The fraction of sp³-hybridized carbons (Fsp3) is 0.333. The number of esters is 1. The third-order valence-electron chi connectivity index (χ3n) is 5.92. The normalized spacial score (nSPS) is 20.9. The zero-order valence-corrected chi connectivity index (χ0v) is 17.2. The van der Waals surface area contributed by atoms with Crippen molar-refractivity contribution in [1.82, 2.24) is 0 Å². The lowest BCUT2D eigenvalue weighted by Crippen LogP contribution is -2.24. The molecule has 2 aliphatic rings. The molecule has 0 aromatic heterocycles. The van der Waals surface area contributed by atoms with E-state index >= 15 is 0 Å². The lowest BCUT2D eigenvalue weighted by Gasteiger charge is -2.26. The van der Waals surface area contributed by atoms with Gasteiger partial charge in [-0.05, 0) is 66.6 Å². The number of ether oxygens (including phenoxy) is 1. The Hall–Kier alpha value is -2.46. The molecule has 0 spiro atoms. The maximum atomic E-state index is 14.5. The van der Waals surface area contributed by atoms with Gasteiger partial charge in [-0.3, -0.25) is 9.59 Å². The molecular formula is C24H22ClFO3. The number of aryl methyl sites for hydroxylation is 1. The Kier molecular flexibility index (Phi) is 5.30. The summed E-state index contributed by atoms with van der Waals surface area (Å²) in [6, 6.07) is 10.2. The van der Waals surface area contributed by atoms with Crippen molar-refractivity contribution >= 4 is 28.9 Å². The Morgan fingerprint density at radius 1 is 1.14 bits per heavy atom. The zero-order chi connectivity index (χ0) is 20.7. The van der Waals surface area contributed by atoms with Gasteiger partial charge in [0.2, 0.25) is 0 Å². The van der Waals surface area contributed by atoms with Gasteiger partial charge in [0.25, 0.3) is 0 Å². The highest BCUT2D eigenvalue weighted by Gasteiger charge is 2.43. The van der Waals surface area contributed by atoms with E-state index in [1.807, 2.05) is 25.1 Å². The number of hydrogen-bond donors (Lipinski definition) is 0. The molecule has 0 saturated heterocycles. The van der Waals surface area contributed by atoms with Crippen molar-refractivity contribution in [2.75, 3.05) is 0 Å². The number of carbonyl (C=O) groups is 2. The molecule has 0 unspecified atom stereocenters. The van der Waals surface area contributed by atoms with Gasteiger partial charge in [0.1, 0.15) is 11.6 Å². The number of halogens is 2. The number of hydrogen-bond acceptors (Lipinski definition) is 3. The van der Waals surface area contributed by atoms with Gasteiger partial charge in [0.15, 0.2) is 5.78 Å². The van der Waals surface area contributed by atoms with Crippen LogP contribution in [0.15, 0.2) is 42.2 Å². The fourth-order valence-corrected chi connectivity index (χ4v) is 4.71. The number of ketones is 1. The van der Waals surface area contributed by atoms with E-state index in [4.69, 9.17) is 16.3 Å². The van der Waals surface area contributed by atoms with Crippen LogP contribution >= 0.6 is 11.6 Å². The molecule has 150 valence electrons. The van der Waals surface area contributed by atoms with Crippen molar-refractivity contribution in [1.29, 1.82) is 0 Å². The molecule has 2 aliphatic carbocycles. The summed E-state index contributed by atoms with van der Waals surface area (Å²) in [5, 5.41) is 0.329. The number of fused-ring (bicyclic) bond motifs is 2. The van der Waals surface area contributed by atoms with Crippen LogP contribution < -0.4 is 0 Å². The zero-order valence-electron chi connectivity index (χ0n) is 16.4. The second-order valence-corrected chi connectivity index (χ2v) is 8.19. The highest BCUT2D eigenvalue weighted by molar-refractivity contribution is 6.30. The molecule has 1 fully saturated rings. The van der Waals surface area contributed by atoms with Gasteiger partial charge in [0.05, 0.1) is 5.57 Å². The summed E-state index contributed by atoms with van der Waals surface area (Å²) >= 11 is 5.89. The standard InChI is InChI=1S/C24H22ClFO3/c1-3-14-4-5-15(19-9-8-18(25)12-21(19)26)11-20(14)22-23(28)16-6-7-17(10-16)24(22)29-13(2)27/h4-5,8-9,11-12,16-17H,3,6-7,10H2,1-2H3/t16-,17-/m1/s1. The molecule has 2 bridgehead atoms. The highest BCUT2D eigenvalue weighted by Crippen LogP contribution is 2.47. The van der Waals surface area contributed by atoms with E-state index in [1.54, 1.807) is 12.1 Å². The average molecular weight is 413 g/mol. The van der Waals surface area contributed by atoms with E-state index in [0.717, 1.165) is 30.4 Å². The molecule has 0 radical (unpaired) electrons. The van der Waals surface area contributed by atoms with Crippen molar-refractivity contribution in [3.05, 3.63) is 64.1 Å². The van der Waals surface area contributed by atoms with E-state index in [-0.39, 0.29) is 17.6 Å². The van der Waals surface area contributed by atoms with Crippen LogP contribution in [0.25, 0.3) is 16.7 Å². The lowest BCUT2D eigenvalue weighted by molar-refractivity contribution is -0.137. The minimum Gasteiger partial charge on any atom is -0.430 e. The Morgan fingerprint density at radius 2 is 1.90 bits per heavy atom. The summed E-state index contributed by atoms with van der Waals surface area (Å²) < 4.78 is 20.1. The monoisotopic (exact) mass is 412 g/mol. The van der Waals surface area contributed by atoms with Crippen LogP contribution in [0.3, 0.4) is 0 Å². The van der Waals surface area contributed by atoms with Gasteiger partial charge < -0.3 is 4.74 Å². The molecule has 2 aromatic carbocycles. The van der Waals surface area contributed by atoms with Crippen molar-refractivity contribution in [2.24, 2.45) is 11.8 Å². The van der Waals surface area contributed by atoms with Crippen molar-refractivity contribution < 1.29 is 18.7 Å². The Balaban J connectivity index is 1.92. The minimum atomic E-state index is -0.423. The van der Waals surface area contributed by atoms with Gasteiger partial charge in [-0.1, -0.05) is 30.7 Å². The van der Waals surface area contributed by atoms with E-state index in [9.17, 15) is 14.0 Å². The van der Waals surface area contributed by atoms with Gasteiger partial charge >= 0.3 is 5.97 Å². The Morgan fingerprint density at radius 3 is 2.59 bits per heavy atom. The van der Waals surface area contributed by atoms with Crippen molar-refractivity contribution in [3.8, 4) is 11.1 Å². The topological polar surface area (TPSA) is 43.4 Å². The SMILES string of the molecule is CCc1ccc(-c2ccc(Cl)cc2F)cc1C1=C(OC(C)=O)[C@@H]2CC[C@H](C2)C1=O.